The lowest BCUT2D eigenvalue weighted by atomic mass is 9.86. The summed E-state index contributed by atoms with van der Waals surface area (Å²) in [4.78, 5) is 17.1. The van der Waals surface area contributed by atoms with Crippen LogP contribution in [0.25, 0.3) is 10.9 Å². The second-order valence-electron chi connectivity index (χ2n) is 8.60. The number of hydrogen-bond acceptors (Lipinski definition) is 2. The molecule has 0 radical (unpaired) electrons. The zero-order chi connectivity index (χ0) is 23.0. The van der Waals surface area contributed by atoms with Gasteiger partial charge in [-0.05, 0) is 66.3 Å². The minimum absolute atomic E-state index is 0.0713. The third-order valence-electron chi connectivity index (χ3n) is 6.18. The minimum atomic E-state index is -4.19. The Hall–Kier alpha value is -2.74. The number of carbonyl (C=O) groups is 1. The number of halogens is 5. The summed E-state index contributed by atoms with van der Waals surface area (Å²) >= 11 is 0. The second-order valence-corrected chi connectivity index (χ2v) is 8.60. The molecule has 1 saturated heterocycles. The van der Waals surface area contributed by atoms with E-state index in [9.17, 15) is 26.7 Å². The van der Waals surface area contributed by atoms with E-state index in [0.717, 1.165) is 34.7 Å². The van der Waals surface area contributed by atoms with Crippen molar-refractivity contribution >= 4 is 16.7 Å². The lowest BCUT2D eigenvalue weighted by Gasteiger charge is -2.21. The van der Waals surface area contributed by atoms with Crippen LogP contribution in [-0.4, -0.2) is 41.5 Å². The van der Waals surface area contributed by atoms with Crippen molar-refractivity contribution < 1.29 is 26.7 Å². The molecular weight excluding hydrogens is 427 g/mol. The first kappa shape index (κ1) is 22.5. The van der Waals surface area contributed by atoms with E-state index in [1.807, 2.05) is 25.1 Å². The van der Waals surface area contributed by atoms with Gasteiger partial charge in [-0.1, -0.05) is 13.0 Å². The Labute approximate surface area is 182 Å². The van der Waals surface area contributed by atoms with E-state index >= 15 is 0 Å². The monoisotopic (exact) mass is 450 g/mol. The van der Waals surface area contributed by atoms with Gasteiger partial charge < -0.3 is 4.98 Å². The van der Waals surface area contributed by atoms with Crippen molar-refractivity contribution in [1.82, 2.24) is 9.88 Å². The normalized spacial score (nSPS) is 18.4. The predicted molar refractivity (Wildman–Crippen MR) is 112 cm³/mol. The highest BCUT2D eigenvalue weighted by Crippen LogP contribution is 2.34. The van der Waals surface area contributed by atoms with Crippen LogP contribution in [0.5, 0.6) is 0 Å². The molecule has 2 aromatic carbocycles. The summed E-state index contributed by atoms with van der Waals surface area (Å²) in [5.74, 6) is -1.56. The zero-order valence-electron chi connectivity index (χ0n) is 17.5. The van der Waals surface area contributed by atoms with E-state index in [2.05, 4.69) is 4.98 Å². The maximum absolute atomic E-state index is 13.4. The Kier molecular flexibility index (Phi) is 6.07. The second kappa shape index (κ2) is 8.65. The molecule has 1 aliphatic heterocycles. The summed E-state index contributed by atoms with van der Waals surface area (Å²) < 4.78 is 64.8. The Morgan fingerprint density at radius 3 is 2.53 bits per heavy atom. The topological polar surface area (TPSA) is 36.1 Å². The van der Waals surface area contributed by atoms with Gasteiger partial charge in [0, 0.05) is 29.9 Å². The average molecular weight is 450 g/mol. The summed E-state index contributed by atoms with van der Waals surface area (Å²) in [7, 11) is 0. The SMILES string of the molecule is CC(c1ccc2[nH]c(C(=O)Cc3cc(F)cc(F)c3)cc2c1)C1CCN(CC(F)(F)F)C1. The summed E-state index contributed by atoms with van der Waals surface area (Å²) in [6, 6.07) is 10.4. The van der Waals surface area contributed by atoms with E-state index in [4.69, 9.17) is 0 Å². The maximum atomic E-state index is 13.4. The Morgan fingerprint density at radius 2 is 1.84 bits per heavy atom. The number of H-pyrrole nitrogens is 1. The molecule has 8 heteroatoms. The number of alkyl halides is 3. The average Bonchev–Trinajstić information content (AvgIpc) is 3.31. The fraction of sp³-hybridized carbons (Fsp3) is 0.375. The molecular formula is C24H23F5N2O. The zero-order valence-corrected chi connectivity index (χ0v) is 17.5. The molecule has 170 valence electrons. The quantitative estimate of drug-likeness (QED) is 0.377. The van der Waals surface area contributed by atoms with Crippen LogP contribution in [0, 0.1) is 17.6 Å². The molecule has 1 N–H and O–H groups in total. The number of fused-ring (bicyclic) bond motifs is 1. The third-order valence-corrected chi connectivity index (χ3v) is 6.18. The van der Waals surface area contributed by atoms with Crippen LogP contribution < -0.4 is 0 Å². The van der Waals surface area contributed by atoms with Crippen LogP contribution in [0.15, 0.2) is 42.5 Å². The van der Waals surface area contributed by atoms with E-state index in [1.165, 1.54) is 4.90 Å². The van der Waals surface area contributed by atoms with Crippen molar-refractivity contribution in [3.05, 3.63) is 70.9 Å². The van der Waals surface area contributed by atoms with Gasteiger partial charge in [-0.2, -0.15) is 13.2 Å². The lowest BCUT2D eigenvalue weighted by molar-refractivity contribution is -0.143. The standard InChI is InChI=1S/C24H23F5N2O/c1-14(17-4-5-31(12-17)13-24(27,28)29)16-2-3-21-18(9-16)10-22(30-21)23(32)8-15-6-19(25)11-20(26)7-15/h2-3,6-7,9-11,14,17,30H,4-5,8,12-13H2,1H3. The van der Waals surface area contributed by atoms with Gasteiger partial charge in [0.2, 0.25) is 0 Å². The number of benzene rings is 2. The van der Waals surface area contributed by atoms with E-state index in [0.29, 0.717) is 25.2 Å². The highest BCUT2D eigenvalue weighted by molar-refractivity contribution is 6.00. The first-order chi connectivity index (χ1) is 15.1. The first-order valence-corrected chi connectivity index (χ1v) is 10.5. The molecule has 2 heterocycles. The minimum Gasteiger partial charge on any atom is -0.352 e. The number of ketones is 1. The Balaban J connectivity index is 1.47. The number of aromatic nitrogens is 1. The molecule has 2 atom stereocenters. The molecule has 2 unspecified atom stereocenters. The molecule has 0 saturated carbocycles. The maximum Gasteiger partial charge on any atom is 0.401 e. The molecule has 3 aromatic rings. The smallest absolute Gasteiger partial charge is 0.352 e. The van der Waals surface area contributed by atoms with Gasteiger partial charge in [0.1, 0.15) is 11.6 Å². The highest BCUT2D eigenvalue weighted by atomic mass is 19.4. The van der Waals surface area contributed by atoms with Crippen LogP contribution in [0.2, 0.25) is 0 Å². The summed E-state index contributed by atoms with van der Waals surface area (Å²) in [5.41, 5.74) is 2.35. The summed E-state index contributed by atoms with van der Waals surface area (Å²) in [5, 5.41) is 0.813. The van der Waals surface area contributed by atoms with Gasteiger partial charge >= 0.3 is 6.18 Å². The van der Waals surface area contributed by atoms with Crippen molar-refractivity contribution in [2.75, 3.05) is 19.6 Å². The summed E-state index contributed by atoms with van der Waals surface area (Å²) in [6.45, 7) is 1.97. The van der Waals surface area contributed by atoms with Crippen molar-refractivity contribution in [2.24, 2.45) is 5.92 Å². The van der Waals surface area contributed by atoms with Crippen LogP contribution in [0.1, 0.15) is 40.9 Å². The number of nitrogens with one attached hydrogen (secondary N) is 1. The molecule has 3 nitrogen and oxygen atoms in total. The number of carbonyl (C=O) groups excluding carboxylic acids is 1. The van der Waals surface area contributed by atoms with Crippen molar-refractivity contribution in [3.63, 3.8) is 0 Å². The molecule has 32 heavy (non-hydrogen) atoms. The number of Topliss-reactive ketones (excluding diaryl/α,β-unsaturated/α-hetero) is 1. The molecule has 0 spiro atoms. The van der Waals surface area contributed by atoms with Crippen LogP contribution in [0.4, 0.5) is 22.0 Å². The Bertz CT molecular complexity index is 1120. The van der Waals surface area contributed by atoms with Gasteiger partial charge in [-0.3, -0.25) is 9.69 Å². The molecule has 0 bridgehead atoms. The molecule has 1 fully saturated rings. The fourth-order valence-corrected chi connectivity index (χ4v) is 4.52. The largest absolute Gasteiger partial charge is 0.401 e. The number of likely N-dealkylation sites (tertiary alicyclic amines) is 1. The number of nitrogens with zero attached hydrogens (tertiary/aromatic N) is 1. The number of hydrogen-bond donors (Lipinski definition) is 1. The summed E-state index contributed by atoms with van der Waals surface area (Å²) in [6.07, 6.45) is -3.62. The van der Waals surface area contributed by atoms with Gasteiger partial charge in [0.05, 0.1) is 12.2 Å². The lowest BCUT2D eigenvalue weighted by Crippen LogP contribution is -2.32. The van der Waals surface area contributed by atoms with Crippen molar-refractivity contribution in [2.45, 2.75) is 31.9 Å². The van der Waals surface area contributed by atoms with Crippen LogP contribution in [0.3, 0.4) is 0 Å². The molecule has 1 aliphatic rings. The predicted octanol–water partition coefficient (Wildman–Crippen LogP) is 5.86. The van der Waals surface area contributed by atoms with E-state index in [1.54, 1.807) is 6.07 Å². The van der Waals surface area contributed by atoms with Gasteiger partial charge in [0.25, 0.3) is 0 Å². The van der Waals surface area contributed by atoms with Crippen LogP contribution in [-0.2, 0) is 6.42 Å². The molecule has 1 aromatic heterocycles. The fourth-order valence-electron chi connectivity index (χ4n) is 4.52. The molecule has 0 amide bonds. The molecule has 0 aliphatic carbocycles. The number of aromatic amines is 1. The van der Waals surface area contributed by atoms with Crippen molar-refractivity contribution in [3.8, 4) is 0 Å². The van der Waals surface area contributed by atoms with E-state index < -0.39 is 24.4 Å². The molecule has 4 rings (SSSR count). The Morgan fingerprint density at radius 1 is 1.12 bits per heavy atom. The third kappa shape index (κ3) is 5.18. The first-order valence-electron chi connectivity index (χ1n) is 10.5. The van der Waals surface area contributed by atoms with Crippen LogP contribution >= 0.6 is 0 Å². The van der Waals surface area contributed by atoms with Crippen molar-refractivity contribution in [1.29, 1.82) is 0 Å². The van der Waals surface area contributed by atoms with Gasteiger partial charge in [-0.15, -0.1) is 0 Å². The van der Waals surface area contributed by atoms with Gasteiger partial charge in [-0.25, -0.2) is 8.78 Å². The highest BCUT2D eigenvalue weighted by Gasteiger charge is 2.36. The van der Waals surface area contributed by atoms with Gasteiger partial charge in [0.15, 0.2) is 5.78 Å². The number of rotatable bonds is 6. The van der Waals surface area contributed by atoms with E-state index in [-0.39, 0.29) is 29.6 Å².